The van der Waals surface area contributed by atoms with Crippen LogP contribution in [-0.4, -0.2) is 11.6 Å². The Balaban J connectivity index is 1.20. The third-order valence-electron chi connectivity index (χ3n) is 15.3. The Morgan fingerprint density at radius 2 is 0.821 bits per heavy atom. The number of rotatable bonds is 2. The van der Waals surface area contributed by atoms with Crippen LogP contribution in [0.15, 0.2) is 133 Å². The zero-order valence-corrected chi connectivity index (χ0v) is 31.1. The molecule has 8 aromatic rings. The summed E-state index contributed by atoms with van der Waals surface area (Å²) < 4.78 is 0. The van der Waals surface area contributed by atoms with Crippen LogP contribution in [0.5, 0.6) is 0 Å². The Morgan fingerprint density at radius 1 is 0.429 bits per heavy atom. The summed E-state index contributed by atoms with van der Waals surface area (Å²) in [6, 6.07) is 48.0. The predicted octanol–water partition coefficient (Wildman–Crippen LogP) is 12.3. The van der Waals surface area contributed by atoms with E-state index in [9.17, 15) is 0 Å². The van der Waals surface area contributed by atoms with Gasteiger partial charge in [-0.05, 0) is 137 Å². The monoisotopic (exact) mass is 714 g/mol. The van der Waals surface area contributed by atoms with E-state index >= 15 is 9.59 Å². The maximum Gasteiger partial charge on any atom is 0.174 e. The second-order valence-corrected chi connectivity index (χ2v) is 17.5. The number of benzene rings is 8. The number of hydrogen-bond donors (Lipinski definition) is 0. The Morgan fingerprint density at radius 3 is 1.25 bits per heavy atom. The van der Waals surface area contributed by atoms with E-state index in [0.29, 0.717) is 0 Å². The highest BCUT2D eigenvalue weighted by atomic mass is 16.1. The largest absolute Gasteiger partial charge is 0.293 e. The van der Waals surface area contributed by atoms with Crippen molar-refractivity contribution in [2.75, 3.05) is 0 Å². The molecule has 14 rings (SSSR count). The van der Waals surface area contributed by atoms with E-state index in [1.54, 1.807) is 0 Å². The van der Waals surface area contributed by atoms with Crippen molar-refractivity contribution in [3.05, 3.63) is 189 Å². The molecule has 0 radical (unpaired) electrons. The van der Waals surface area contributed by atoms with Gasteiger partial charge in [-0.2, -0.15) is 0 Å². The van der Waals surface area contributed by atoms with Crippen LogP contribution in [0.2, 0.25) is 0 Å². The second-order valence-electron chi connectivity index (χ2n) is 17.5. The summed E-state index contributed by atoms with van der Waals surface area (Å²) in [6.07, 6.45) is 1.55. The SMILES string of the molecule is C[C@@]12C(=O)c3ccc4c(-c5ccccc5)c5c(c6c4c3[C@@H]1[C@H]1c3c(ccc4c(-c7ccccc7)c7c(c2c34)Cc2ccccc2-7)C(=O)[C@@]61C)Cc1ccccc1-5. The molecule has 262 valence electrons. The molecule has 0 unspecified atom stereocenters. The molecule has 2 heteroatoms. The fraction of sp³-hybridized carbons (Fsp3) is 0.148. The van der Waals surface area contributed by atoms with Crippen molar-refractivity contribution in [1.82, 2.24) is 0 Å². The Bertz CT molecular complexity index is 3040. The molecule has 0 saturated carbocycles. The molecule has 0 amide bonds. The number of ketones is 2. The van der Waals surface area contributed by atoms with Crippen LogP contribution in [0.1, 0.15) is 90.9 Å². The molecular formula is C54H34O2. The van der Waals surface area contributed by atoms with Crippen LogP contribution < -0.4 is 0 Å². The van der Waals surface area contributed by atoms with Crippen molar-refractivity contribution >= 4 is 33.1 Å². The van der Waals surface area contributed by atoms with Gasteiger partial charge in [-0.25, -0.2) is 0 Å². The van der Waals surface area contributed by atoms with Gasteiger partial charge in [-0.1, -0.05) is 133 Å². The van der Waals surface area contributed by atoms with E-state index in [1.807, 2.05) is 0 Å². The summed E-state index contributed by atoms with van der Waals surface area (Å²) in [5, 5.41) is 4.65. The number of fused-ring (bicyclic) bond motifs is 10. The highest BCUT2D eigenvalue weighted by molar-refractivity contribution is 6.27. The molecule has 0 saturated heterocycles. The second kappa shape index (κ2) is 9.52. The van der Waals surface area contributed by atoms with Crippen LogP contribution in [0.3, 0.4) is 0 Å². The predicted molar refractivity (Wildman–Crippen MR) is 224 cm³/mol. The molecule has 6 aliphatic rings. The van der Waals surface area contributed by atoms with Gasteiger partial charge >= 0.3 is 0 Å². The van der Waals surface area contributed by atoms with Crippen LogP contribution >= 0.6 is 0 Å². The highest BCUT2D eigenvalue weighted by Gasteiger charge is 2.69. The van der Waals surface area contributed by atoms with Crippen molar-refractivity contribution < 1.29 is 9.59 Å². The highest BCUT2D eigenvalue weighted by Crippen LogP contribution is 2.74. The summed E-state index contributed by atoms with van der Waals surface area (Å²) >= 11 is 0. The van der Waals surface area contributed by atoms with Gasteiger partial charge in [0.2, 0.25) is 0 Å². The molecule has 0 bridgehead atoms. The van der Waals surface area contributed by atoms with Gasteiger partial charge in [0, 0.05) is 23.0 Å². The van der Waals surface area contributed by atoms with Crippen LogP contribution in [0.25, 0.3) is 66.1 Å². The van der Waals surface area contributed by atoms with Crippen LogP contribution in [0, 0.1) is 0 Å². The number of hydrogen-bond acceptors (Lipinski definition) is 2. The smallest absolute Gasteiger partial charge is 0.174 e. The summed E-state index contributed by atoms with van der Waals surface area (Å²) in [4.78, 5) is 31.7. The number of carbonyl (C=O) groups is 2. The van der Waals surface area contributed by atoms with Crippen LogP contribution in [0.4, 0.5) is 0 Å². The van der Waals surface area contributed by atoms with E-state index in [2.05, 4.69) is 147 Å². The van der Waals surface area contributed by atoms with Gasteiger partial charge in [0.25, 0.3) is 0 Å². The van der Waals surface area contributed by atoms with Gasteiger partial charge < -0.3 is 0 Å². The molecular weight excluding hydrogens is 681 g/mol. The van der Waals surface area contributed by atoms with Gasteiger partial charge in [0.15, 0.2) is 11.6 Å². The molecule has 4 atom stereocenters. The number of Topliss-reactive ketones (excluding diaryl/α,β-unsaturated/α-hetero) is 2. The lowest BCUT2D eigenvalue weighted by Crippen LogP contribution is -2.47. The number of carbonyl (C=O) groups excluding carboxylic acids is 2. The maximum absolute atomic E-state index is 15.8. The minimum Gasteiger partial charge on any atom is -0.293 e. The first-order valence-corrected chi connectivity index (χ1v) is 20.1. The molecule has 8 aromatic carbocycles. The first-order chi connectivity index (χ1) is 27.4. The average Bonchev–Trinajstić information content (AvgIpc) is 3.93. The third-order valence-corrected chi connectivity index (χ3v) is 15.3. The molecule has 0 N–H and O–H groups in total. The Hall–Kier alpha value is -6.38. The molecule has 0 aliphatic heterocycles. The molecule has 2 nitrogen and oxygen atoms in total. The summed E-state index contributed by atoms with van der Waals surface area (Å²) in [6.45, 7) is 4.52. The van der Waals surface area contributed by atoms with Crippen molar-refractivity contribution in [2.45, 2.75) is 49.4 Å². The van der Waals surface area contributed by atoms with Crippen molar-refractivity contribution in [2.24, 2.45) is 0 Å². The Kier molecular flexibility index (Phi) is 5.08. The summed E-state index contributed by atoms with van der Waals surface area (Å²) in [7, 11) is 0. The van der Waals surface area contributed by atoms with E-state index in [0.717, 1.165) is 45.5 Å². The first kappa shape index (κ1) is 29.9. The van der Waals surface area contributed by atoms with Gasteiger partial charge in [-0.3, -0.25) is 9.59 Å². The summed E-state index contributed by atoms with van der Waals surface area (Å²) in [5.41, 5.74) is 19.7. The van der Waals surface area contributed by atoms with Gasteiger partial charge in [-0.15, -0.1) is 0 Å². The van der Waals surface area contributed by atoms with E-state index in [4.69, 9.17) is 0 Å². The fourth-order valence-electron chi connectivity index (χ4n) is 13.4. The van der Waals surface area contributed by atoms with Gasteiger partial charge in [0.1, 0.15) is 0 Å². The summed E-state index contributed by atoms with van der Waals surface area (Å²) in [5.74, 6) is 0.106. The molecule has 6 aliphatic carbocycles. The normalized spacial score (nSPS) is 23.2. The molecule has 0 spiro atoms. The Labute approximate surface area is 324 Å². The third kappa shape index (κ3) is 3.00. The molecule has 0 heterocycles. The minimum atomic E-state index is -0.842. The maximum atomic E-state index is 15.8. The van der Waals surface area contributed by atoms with Crippen molar-refractivity contribution in [3.63, 3.8) is 0 Å². The first-order valence-electron chi connectivity index (χ1n) is 20.1. The molecule has 56 heavy (non-hydrogen) atoms. The van der Waals surface area contributed by atoms with E-state index < -0.39 is 10.8 Å². The van der Waals surface area contributed by atoms with E-state index in [1.165, 1.54) is 89.0 Å². The van der Waals surface area contributed by atoms with Crippen molar-refractivity contribution in [3.8, 4) is 44.5 Å². The van der Waals surface area contributed by atoms with Crippen molar-refractivity contribution in [1.29, 1.82) is 0 Å². The van der Waals surface area contributed by atoms with Gasteiger partial charge in [0.05, 0.1) is 10.8 Å². The lowest BCUT2D eigenvalue weighted by Gasteiger charge is -2.50. The lowest BCUT2D eigenvalue weighted by atomic mass is 9.50. The zero-order chi connectivity index (χ0) is 37.0. The lowest BCUT2D eigenvalue weighted by molar-refractivity contribution is 0.0822. The minimum absolute atomic E-state index is 0.157. The van der Waals surface area contributed by atoms with E-state index in [-0.39, 0.29) is 23.4 Å². The quantitative estimate of drug-likeness (QED) is 0.179. The average molecular weight is 715 g/mol. The molecule has 0 aromatic heterocycles. The van der Waals surface area contributed by atoms with Crippen LogP contribution in [-0.2, 0) is 23.7 Å². The zero-order valence-electron chi connectivity index (χ0n) is 31.1. The topological polar surface area (TPSA) is 34.1 Å². The molecule has 0 fully saturated rings. The fourth-order valence-corrected chi connectivity index (χ4v) is 13.4. The standard InChI is InChI=1S/C54H34O2/c1-53-47-37-25-29-17-9-11-19-31(29)41(37)39(27-13-5-3-6-14-27)33-22-24-36-46(43(33)47)50-49(53)45-35(51(53)55)23-21-34-40(28-15-7-4-8-16-28)42-32-20-12-10-18-30(32)26-38(42)48(44(34)45)54(50,2)52(36)56/h3-24,49-50H,25-26H2,1-2H3/t49-,50-,53+,54+/m1/s1.